The van der Waals surface area contributed by atoms with Crippen LogP contribution in [0.4, 0.5) is 11.4 Å². The van der Waals surface area contributed by atoms with Crippen LogP contribution in [0.1, 0.15) is 18.4 Å². The highest BCUT2D eigenvalue weighted by Crippen LogP contribution is 2.32. The number of amides is 1. The summed E-state index contributed by atoms with van der Waals surface area (Å²) in [6.07, 6.45) is 2.11. The van der Waals surface area contributed by atoms with Crippen molar-refractivity contribution in [1.29, 1.82) is 0 Å². The standard InChI is InChI=1S/C23H28ClN3O5S/c1-17-14-18(4-6-20(17)24)32-16-23(28)25-21-15-19(5-7-22(21)26-8-2-3-9-26)33(29,30)27-10-12-31-13-11-27/h4-7,14-15H,2-3,8-13,16H2,1H3,(H,25,28). The molecule has 0 radical (unpaired) electrons. The molecule has 2 aromatic carbocycles. The third-order valence-electron chi connectivity index (χ3n) is 5.80. The lowest BCUT2D eigenvalue weighted by atomic mass is 10.2. The number of carbonyl (C=O) groups is 1. The summed E-state index contributed by atoms with van der Waals surface area (Å²) >= 11 is 6.04. The number of hydrogen-bond donors (Lipinski definition) is 1. The largest absolute Gasteiger partial charge is 0.484 e. The van der Waals surface area contributed by atoms with Crippen molar-refractivity contribution in [3.05, 3.63) is 47.0 Å². The molecule has 33 heavy (non-hydrogen) atoms. The van der Waals surface area contributed by atoms with Crippen molar-refractivity contribution in [2.24, 2.45) is 0 Å². The van der Waals surface area contributed by atoms with Crippen molar-refractivity contribution in [2.75, 3.05) is 56.2 Å². The van der Waals surface area contributed by atoms with E-state index in [0.717, 1.165) is 37.2 Å². The monoisotopic (exact) mass is 493 g/mol. The number of morpholine rings is 1. The molecule has 1 amide bonds. The van der Waals surface area contributed by atoms with Gasteiger partial charge in [0.05, 0.1) is 29.5 Å². The van der Waals surface area contributed by atoms with Gasteiger partial charge in [-0.2, -0.15) is 4.31 Å². The van der Waals surface area contributed by atoms with Crippen LogP contribution in [0.2, 0.25) is 5.02 Å². The Morgan fingerprint density at radius 3 is 2.52 bits per heavy atom. The number of benzene rings is 2. The quantitative estimate of drug-likeness (QED) is 0.636. The molecule has 1 N–H and O–H groups in total. The maximum Gasteiger partial charge on any atom is 0.262 e. The molecule has 178 valence electrons. The lowest BCUT2D eigenvalue weighted by Crippen LogP contribution is -2.40. The number of sulfonamides is 1. The molecular formula is C23H28ClN3O5S. The Balaban J connectivity index is 1.54. The van der Waals surface area contributed by atoms with Crippen LogP contribution in [0.5, 0.6) is 5.75 Å². The first kappa shape index (κ1) is 23.8. The SMILES string of the molecule is Cc1cc(OCC(=O)Nc2cc(S(=O)(=O)N3CCOCC3)ccc2N2CCCC2)ccc1Cl. The second kappa shape index (κ2) is 10.3. The highest BCUT2D eigenvalue weighted by molar-refractivity contribution is 7.89. The molecule has 0 atom stereocenters. The molecular weight excluding hydrogens is 466 g/mol. The summed E-state index contributed by atoms with van der Waals surface area (Å²) in [5.74, 6) is 0.166. The zero-order valence-corrected chi connectivity index (χ0v) is 20.1. The minimum Gasteiger partial charge on any atom is -0.484 e. The normalized spacial score (nSPS) is 17.2. The molecule has 2 aliphatic rings. The van der Waals surface area contributed by atoms with E-state index in [9.17, 15) is 13.2 Å². The Labute approximate surface area is 199 Å². The number of ether oxygens (including phenoxy) is 2. The maximum atomic E-state index is 13.1. The van der Waals surface area contributed by atoms with Gasteiger partial charge in [0, 0.05) is 31.2 Å². The molecule has 0 aliphatic carbocycles. The number of halogens is 1. The molecule has 2 heterocycles. The first-order chi connectivity index (χ1) is 15.8. The van der Waals surface area contributed by atoms with Crippen molar-refractivity contribution < 1.29 is 22.7 Å². The second-order valence-corrected chi connectivity index (χ2v) is 10.5. The fourth-order valence-electron chi connectivity index (χ4n) is 3.99. The van der Waals surface area contributed by atoms with Gasteiger partial charge in [-0.15, -0.1) is 0 Å². The fourth-order valence-corrected chi connectivity index (χ4v) is 5.54. The Morgan fingerprint density at radius 2 is 1.82 bits per heavy atom. The average molecular weight is 494 g/mol. The van der Waals surface area contributed by atoms with Gasteiger partial charge in [0.1, 0.15) is 5.75 Å². The van der Waals surface area contributed by atoms with E-state index in [2.05, 4.69) is 10.2 Å². The Bertz CT molecular complexity index is 1110. The number of rotatable bonds is 7. The smallest absolute Gasteiger partial charge is 0.262 e. The first-order valence-electron chi connectivity index (χ1n) is 11.0. The third kappa shape index (κ3) is 5.60. The topological polar surface area (TPSA) is 88.2 Å². The predicted molar refractivity (Wildman–Crippen MR) is 128 cm³/mol. The van der Waals surface area contributed by atoms with Crippen LogP contribution >= 0.6 is 11.6 Å². The number of nitrogens with one attached hydrogen (secondary N) is 1. The lowest BCUT2D eigenvalue weighted by molar-refractivity contribution is -0.118. The number of hydrogen-bond acceptors (Lipinski definition) is 6. The Morgan fingerprint density at radius 1 is 1.09 bits per heavy atom. The predicted octanol–water partition coefficient (Wildman–Crippen LogP) is 3.29. The lowest BCUT2D eigenvalue weighted by Gasteiger charge is -2.27. The van der Waals surface area contributed by atoms with Crippen LogP contribution in [0.15, 0.2) is 41.3 Å². The summed E-state index contributed by atoms with van der Waals surface area (Å²) in [7, 11) is -3.68. The van der Waals surface area contributed by atoms with E-state index in [1.54, 1.807) is 36.4 Å². The summed E-state index contributed by atoms with van der Waals surface area (Å²) in [5.41, 5.74) is 2.13. The minimum atomic E-state index is -3.68. The molecule has 0 aromatic heterocycles. The molecule has 10 heteroatoms. The van der Waals surface area contributed by atoms with Crippen LogP contribution in [0.3, 0.4) is 0 Å². The van der Waals surface area contributed by atoms with Crippen LogP contribution in [0.25, 0.3) is 0 Å². The fraction of sp³-hybridized carbons (Fsp3) is 0.435. The van der Waals surface area contributed by atoms with Crippen LogP contribution in [-0.4, -0.2) is 64.6 Å². The van der Waals surface area contributed by atoms with E-state index >= 15 is 0 Å². The van der Waals surface area contributed by atoms with Gasteiger partial charge in [-0.3, -0.25) is 4.79 Å². The van der Waals surface area contributed by atoms with Crippen molar-refractivity contribution >= 4 is 38.9 Å². The average Bonchev–Trinajstić information content (AvgIpc) is 3.35. The molecule has 0 saturated carbocycles. The molecule has 2 saturated heterocycles. The second-order valence-electron chi connectivity index (χ2n) is 8.14. The zero-order chi connectivity index (χ0) is 23.4. The molecule has 0 spiro atoms. The highest BCUT2D eigenvalue weighted by atomic mass is 35.5. The summed E-state index contributed by atoms with van der Waals surface area (Å²) in [5, 5.41) is 3.49. The van der Waals surface area contributed by atoms with Gasteiger partial charge in [0.2, 0.25) is 10.0 Å². The van der Waals surface area contributed by atoms with Gasteiger partial charge in [-0.05, 0) is 61.7 Å². The van der Waals surface area contributed by atoms with Crippen molar-refractivity contribution in [1.82, 2.24) is 4.31 Å². The zero-order valence-electron chi connectivity index (χ0n) is 18.5. The van der Waals surface area contributed by atoms with Gasteiger partial charge >= 0.3 is 0 Å². The van der Waals surface area contributed by atoms with Gasteiger partial charge in [0.25, 0.3) is 5.91 Å². The van der Waals surface area contributed by atoms with E-state index in [4.69, 9.17) is 21.1 Å². The molecule has 8 nitrogen and oxygen atoms in total. The molecule has 0 bridgehead atoms. The number of aryl methyl sites for hydroxylation is 1. The van der Waals surface area contributed by atoms with Crippen LogP contribution < -0.4 is 15.0 Å². The number of carbonyl (C=O) groups excluding carboxylic acids is 1. The minimum absolute atomic E-state index is 0.150. The van der Waals surface area contributed by atoms with E-state index in [1.165, 1.54) is 4.31 Å². The molecule has 0 unspecified atom stereocenters. The van der Waals surface area contributed by atoms with Crippen molar-refractivity contribution in [2.45, 2.75) is 24.7 Å². The van der Waals surface area contributed by atoms with Gasteiger partial charge < -0.3 is 19.7 Å². The Hall–Kier alpha value is -2.33. The van der Waals surface area contributed by atoms with Gasteiger partial charge in [-0.25, -0.2) is 8.42 Å². The van der Waals surface area contributed by atoms with Crippen LogP contribution in [0, 0.1) is 6.92 Å². The number of anilines is 2. The first-order valence-corrected chi connectivity index (χ1v) is 12.8. The summed E-state index contributed by atoms with van der Waals surface area (Å²) in [4.78, 5) is 15.0. The van der Waals surface area contributed by atoms with E-state index < -0.39 is 10.0 Å². The molecule has 2 aromatic rings. The number of nitrogens with zero attached hydrogens (tertiary/aromatic N) is 2. The van der Waals surface area contributed by atoms with Crippen molar-refractivity contribution in [3.63, 3.8) is 0 Å². The molecule has 2 aliphatic heterocycles. The molecule has 4 rings (SSSR count). The third-order valence-corrected chi connectivity index (χ3v) is 8.11. The summed E-state index contributed by atoms with van der Waals surface area (Å²) < 4.78 is 38.6. The van der Waals surface area contributed by atoms with Gasteiger partial charge in [-0.1, -0.05) is 11.6 Å². The summed E-state index contributed by atoms with van der Waals surface area (Å²) in [6.45, 7) is 4.74. The maximum absolute atomic E-state index is 13.1. The Kier molecular flexibility index (Phi) is 7.43. The van der Waals surface area contributed by atoms with E-state index in [0.29, 0.717) is 42.8 Å². The van der Waals surface area contributed by atoms with E-state index in [-0.39, 0.29) is 17.4 Å². The van der Waals surface area contributed by atoms with Crippen molar-refractivity contribution in [3.8, 4) is 5.75 Å². The summed E-state index contributed by atoms with van der Waals surface area (Å²) in [6, 6.07) is 10.1. The highest BCUT2D eigenvalue weighted by Gasteiger charge is 2.28. The van der Waals surface area contributed by atoms with Crippen LogP contribution in [-0.2, 0) is 19.6 Å². The molecule has 2 fully saturated rings. The van der Waals surface area contributed by atoms with Gasteiger partial charge in [0.15, 0.2) is 6.61 Å². The van der Waals surface area contributed by atoms with E-state index in [1.807, 2.05) is 6.92 Å².